The van der Waals surface area contributed by atoms with Crippen LogP contribution >= 0.6 is 0 Å². The highest BCUT2D eigenvalue weighted by molar-refractivity contribution is 5.94. The number of rotatable bonds is 8. The van der Waals surface area contributed by atoms with Gasteiger partial charge in [-0.1, -0.05) is 0 Å². The highest BCUT2D eigenvalue weighted by Gasteiger charge is 2.13. The van der Waals surface area contributed by atoms with E-state index in [1.807, 2.05) is 6.07 Å². The molecular formula is C21H22N4O6. The van der Waals surface area contributed by atoms with Crippen molar-refractivity contribution in [2.75, 3.05) is 28.4 Å². The van der Waals surface area contributed by atoms with Gasteiger partial charge in [0.05, 0.1) is 40.3 Å². The van der Waals surface area contributed by atoms with Gasteiger partial charge in [0, 0.05) is 11.1 Å². The number of carbonyl (C=O) groups excluding carboxylic acids is 1. The standard InChI is InChI=1S/C21H22N4O6/c1-28-16-6-5-13(9-17(16)29-2)14-10-15(24-23-14)21(27)25-22-11-12-7-18(30-3)20(26)19(8-12)31-4/h5-11,26H,1-4H3,(H,23,24)(H,25,27). The van der Waals surface area contributed by atoms with Crippen LogP contribution < -0.4 is 24.4 Å². The van der Waals surface area contributed by atoms with E-state index in [4.69, 9.17) is 18.9 Å². The van der Waals surface area contributed by atoms with Crippen LogP contribution in [-0.4, -0.2) is 55.9 Å². The monoisotopic (exact) mass is 426 g/mol. The minimum absolute atomic E-state index is 0.119. The van der Waals surface area contributed by atoms with Gasteiger partial charge in [-0.3, -0.25) is 9.89 Å². The summed E-state index contributed by atoms with van der Waals surface area (Å²) in [4.78, 5) is 12.4. The smallest absolute Gasteiger partial charge is 0.289 e. The van der Waals surface area contributed by atoms with Gasteiger partial charge >= 0.3 is 0 Å². The summed E-state index contributed by atoms with van der Waals surface area (Å²) in [6, 6.07) is 10.0. The van der Waals surface area contributed by atoms with Crippen molar-refractivity contribution < 1.29 is 28.8 Å². The number of aromatic amines is 1. The van der Waals surface area contributed by atoms with Gasteiger partial charge in [0.2, 0.25) is 5.75 Å². The summed E-state index contributed by atoms with van der Waals surface area (Å²) >= 11 is 0. The lowest BCUT2D eigenvalue weighted by Crippen LogP contribution is -2.18. The van der Waals surface area contributed by atoms with Crippen molar-refractivity contribution >= 4 is 12.1 Å². The normalized spacial score (nSPS) is 10.7. The Morgan fingerprint density at radius 3 is 2.23 bits per heavy atom. The molecule has 1 aromatic heterocycles. The molecule has 3 aromatic rings. The van der Waals surface area contributed by atoms with Crippen molar-refractivity contribution in [2.24, 2.45) is 5.10 Å². The summed E-state index contributed by atoms with van der Waals surface area (Å²) in [7, 11) is 5.94. The van der Waals surface area contributed by atoms with Gasteiger partial charge in [0.25, 0.3) is 5.91 Å². The van der Waals surface area contributed by atoms with Gasteiger partial charge in [0.15, 0.2) is 23.0 Å². The Morgan fingerprint density at radius 1 is 0.968 bits per heavy atom. The molecule has 31 heavy (non-hydrogen) atoms. The Morgan fingerprint density at radius 2 is 1.61 bits per heavy atom. The van der Waals surface area contributed by atoms with E-state index in [0.717, 1.165) is 5.56 Å². The molecule has 1 amide bonds. The minimum Gasteiger partial charge on any atom is -0.502 e. The molecule has 3 N–H and O–H groups in total. The zero-order valence-corrected chi connectivity index (χ0v) is 17.4. The first-order valence-electron chi connectivity index (χ1n) is 9.06. The van der Waals surface area contributed by atoms with E-state index in [-0.39, 0.29) is 22.9 Å². The third-order valence-corrected chi connectivity index (χ3v) is 4.38. The molecule has 0 saturated heterocycles. The Bertz CT molecular complexity index is 1080. The first-order valence-corrected chi connectivity index (χ1v) is 9.06. The number of ether oxygens (including phenoxy) is 4. The molecule has 0 fully saturated rings. The van der Waals surface area contributed by atoms with Crippen LogP contribution in [0, 0.1) is 0 Å². The first kappa shape index (κ1) is 21.5. The Kier molecular flexibility index (Phi) is 6.61. The van der Waals surface area contributed by atoms with Crippen molar-refractivity contribution in [2.45, 2.75) is 0 Å². The molecule has 162 valence electrons. The van der Waals surface area contributed by atoms with Crippen LogP contribution in [0.25, 0.3) is 11.3 Å². The molecule has 0 radical (unpaired) electrons. The van der Waals surface area contributed by atoms with Crippen molar-refractivity contribution in [1.82, 2.24) is 15.6 Å². The molecule has 0 bridgehead atoms. The number of hydrazone groups is 1. The van der Waals surface area contributed by atoms with E-state index < -0.39 is 5.91 Å². The van der Waals surface area contributed by atoms with Crippen LogP contribution in [0.5, 0.6) is 28.7 Å². The lowest BCUT2D eigenvalue weighted by atomic mass is 10.1. The van der Waals surface area contributed by atoms with Crippen LogP contribution in [0.1, 0.15) is 16.1 Å². The van der Waals surface area contributed by atoms with Gasteiger partial charge in [-0.05, 0) is 36.4 Å². The highest BCUT2D eigenvalue weighted by atomic mass is 16.5. The zero-order valence-electron chi connectivity index (χ0n) is 17.4. The molecule has 3 rings (SSSR count). The molecule has 10 nitrogen and oxygen atoms in total. The minimum atomic E-state index is -0.479. The number of methoxy groups -OCH3 is 4. The molecule has 0 aliphatic rings. The third kappa shape index (κ3) is 4.69. The summed E-state index contributed by atoms with van der Waals surface area (Å²) < 4.78 is 20.7. The molecule has 0 saturated carbocycles. The quantitative estimate of drug-likeness (QED) is 0.373. The number of benzene rings is 2. The number of H-pyrrole nitrogens is 1. The number of nitrogens with one attached hydrogen (secondary N) is 2. The Balaban J connectivity index is 1.72. The predicted molar refractivity (Wildman–Crippen MR) is 113 cm³/mol. The van der Waals surface area contributed by atoms with Gasteiger partial charge in [-0.15, -0.1) is 0 Å². The molecule has 0 aliphatic carbocycles. The molecule has 10 heteroatoms. The second-order valence-electron chi connectivity index (χ2n) is 6.21. The second-order valence-corrected chi connectivity index (χ2v) is 6.21. The number of hydrogen-bond acceptors (Lipinski definition) is 8. The summed E-state index contributed by atoms with van der Waals surface area (Å²) in [6.07, 6.45) is 1.40. The highest BCUT2D eigenvalue weighted by Crippen LogP contribution is 2.36. The zero-order chi connectivity index (χ0) is 22.4. The number of carbonyl (C=O) groups is 1. The lowest BCUT2D eigenvalue weighted by Gasteiger charge is -2.09. The van der Waals surface area contributed by atoms with Crippen LogP contribution in [0.3, 0.4) is 0 Å². The van der Waals surface area contributed by atoms with Gasteiger partial charge in [-0.25, -0.2) is 5.43 Å². The fraction of sp³-hybridized carbons (Fsp3) is 0.190. The largest absolute Gasteiger partial charge is 0.502 e. The average molecular weight is 426 g/mol. The lowest BCUT2D eigenvalue weighted by molar-refractivity contribution is 0.0950. The van der Waals surface area contributed by atoms with E-state index in [0.29, 0.717) is 22.8 Å². The number of aromatic hydroxyl groups is 1. The number of aromatic nitrogens is 2. The Hall–Kier alpha value is -4.21. The maximum atomic E-state index is 12.4. The third-order valence-electron chi connectivity index (χ3n) is 4.38. The molecule has 1 heterocycles. The van der Waals surface area contributed by atoms with Crippen molar-refractivity contribution in [3.63, 3.8) is 0 Å². The number of phenols is 1. The van der Waals surface area contributed by atoms with Crippen molar-refractivity contribution in [1.29, 1.82) is 0 Å². The van der Waals surface area contributed by atoms with E-state index >= 15 is 0 Å². The van der Waals surface area contributed by atoms with E-state index in [1.165, 1.54) is 20.4 Å². The van der Waals surface area contributed by atoms with E-state index in [2.05, 4.69) is 20.7 Å². The van der Waals surface area contributed by atoms with Crippen molar-refractivity contribution in [3.8, 4) is 40.0 Å². The maximum absolute atomic E-state index is 12.4. The topological polar surface area (TPSA) is 127 Å². The number of nitrogens with zero attached hydrogens (tertiary/aromatic N) is 2. The van der Waals surface area contributed by atoms with Crippen LogP contribution in [0.4, 0.5) is 0 Å². The van der Waals surface area contributed by atoms with Gasteiger partial charge < -0.3 is 24.1 Å². The Labute approximate surface area is 178 Å². The SMILES string of the molecule is COc1ccc(-c2cc(C(=O)NN=Cc3cc(OC)c(O)c(OC)c3)[nH]n2)cc1OC. The van der Waals surface area contributed by atoms with E-state index in [9.17, 15) is 9.90 Å². The second kappa shape index (κ2) is 9.53. The maximum Gasteiger partial charge on any atom is 0.289 e. The molecule has 0 unspecified atom stereocenters. The molecule has 0 atom stereocenters. The number of phenolic OH excluding ortho intramolecular Hbond substituents is 1. The summed E-state index contributed by atoms with van der Waals surface area (Å²) in [5, 5.41) is 20.7. The fourth-order valence-corrected chi connectivity index (χ4v) is 2.80. The number of hydrogen-bond donors (Lipinski definition) is 3. The van der Waals surface area contributed by atoms with Gasteiger partial charge in [0.1, 0.15) is 5.69 Å². The van der Waals surface area contributed by atoms with Gasteiger partial charge in [-0.2, -0.15) is 10.2 Å². The molecular weight excluding hydrogens is 404 g/mol. The summed E-state index contributed by atoms with van der Waals surface area (Å²) in [5.41, 5.74) is 4.50. The van der Waals surface area contributed by atoms with Crippen LogP contribution in [-0.2, 0) is 0 Å². The fourth-order valence-electron chi connectivity index (χ4n) is 2.80. The molecule has 2 aromatic carbocycles. The van der Waals surface area contributed by atoms with Crippen LogP contribution in [0.15, 0.2) is 41.5 Å². The summed E-state index contributed by atoms with van der Waals surface area (Å²) in [5.74, 6) is 0.995. The molecule has 0 aliphatic heterocycles. The predicted octanol–water partition coefficient (Wildman–Crippen LogP) is 2.58. The first-order chi connectivity index (χ1) is 15.0. The summed E-state index contributed by atoms with van der Waals surface area (Å²) in [6.45, 7) is 0. The van der Waals surface area contributed by atoms with E-state index in [1.54, 1.807) is 44.6 Å². The average Bonchev–Trinajstić information content (AvgIpc) is 3.29. The number of amides is 1. The van der Waals surface area contributed by atoms with Crippen LogP contribution in [0.2, 0.25) is 0 Å². The molecule has 0 spiro atoms. The van der Waals surface area contributed by atoms with Crippen molar-refractivity contribution in [3.05, 3.63) is 47.7 Å².